The number of nitro benzene ring substituents is 1. The Bertz CT molecular complexity index is 2070. The number of halogens is 1. The number of piperidine rings is 1. The van der Waals surface area contributed by atoms with Crippen LogP contribution < -0.4 is 24.5 Å². The summed E-state index contributed by atoms with van der Waals surface area (Å²) in [5.41, 5.74) is 2.56. The standard InChI is InChI=1S/C35H33ClN4O6S/c1-4-46-34(42)30-31(22-8-6-5-7-9-22)37-35-39(32(30)26-20-24(36)10-13-28(26)45-3)33(41)29(47-35)19-23-18-25(40(43)44)11-12-27(23)38-16-14-21(2)15-17-38/h5-13,18-21,32H,4,14-17H2,1-3H3/b29-19-/t32-/m1/s1. The van der Waals surface area contributed by atoms with E-state index in [9.17, 15) is 19.7 Å². The number of hydrogen-bond acceptors (Lipinski definition) is 9. The number of methoxy groups -OCH3 is 1. The predicted octanol–water partition coefficient (Wildman–Crippen LogP) is 5.74. The van der Waals surface area contributed by atoms with Gasteiger partial charge in [-0.3, -0.25) is 19.5 Å². The smallest absolute Gasteiger partial charge is 0.338 e. The minimum atomic E-state index is -0.996. The van der Waals surface area contributed by atoms with Crippen LogP contribution in [0.1, 0.15) is 49.4 Å². The largest absolute Gasteiger partial charge is 0.496 e. The van der Waals surface area contributed by atoms with Crippen molar-refractivity contribution >= 4 is 52.1 Å². The Morgan fingerprint density at radius 1 is 1.13 bits per heavy atom. The number of anilines is 1. The van der Waals surface area contributed by atoms with Gasteiger partial charge in [-0.15, -0.1) is 0 Å². The van der Waals surface area contributed by atoms with Crippen LogP contribution in [0.2, 0.25) is 5.02 Å². The van der Waals surface area contributed by atoms with E-state index in [1.165, 1.54) is 23.8 Å². The average molecular weight is 673 g/mol. The van der Waals surface area contributed by atoms with E-state index in [0.29, 0.717) is 48.4 Å². The number of non-ortho nitro benzene ring substituents is 1. The van der Waals surface area contributed by atoms with Gasteiger partial charge in [0.2, 0.25) is 0 Å². The first kappa shape index (κ1) is 32.2. The van der Waals surface area contributed by atoms with E-state index in [2.05, 4.69) is 11.8 Å². The Morgan fingerprint density at radius 2 is 1.87 bits per heavy atom. The summed E-state index contributed by atoms with van der Waals surface area (Å²) >= 11 is 7.64. The molecular formula is C35H33ClN4O6S. The lowest BCUT2D eigenvalue weighted by atomic mass is 9.92. The zero-order valence-electron chi connectivity index (χ0n) is 26.1. The van der Waals surface area contributed by atoms with Crippen molar-refractivity contribution in [1.29, 1.82) is 0 Å². The van der Waals surface area contributed by atoms with Crippen molar-refractivity contribution < 1.29 is 19.2 Å². The second-order valence-corrected chi connectivity index (χ2v) is 12.9. The highest BCUT2D eigenvalue weighted by Crippen LogP contribution is 2.40. The molecule has 2 aliphatic heterocycles. The lowest BCUT2D eigenvalue weighted by Crippen LogP contribution is -2.40. The van der Waals surface area contributed by atoms with Gasteiger partial charge >= 0.3 is 5.97 Å². The summed E-state index contributed by atoms with van der Waals surface area (Å²) in [6.45, 7) is 5.65. The average Bonchev–Trinajstić information content (AvgIpc) is 3.38. The molecular weight excluding hydrogens is 640 g/mol. The summed E-state index contributed by atoms with van der Waals surface area (Å²) < 4.78 is 13.0. The first-order chi connectivity index (χ1) is 22.7. The first-order valence-electron chi connectivity index (χ1n) is 15.4. The van der Waals surface area contributed by atoms with E-state index in [1.54, 1.807) is 37.3 Å². The Kier molecular flexibility index (Phi) is 9.28. The molecule has 0 bridgehead atoms. The van der Waals surface area contributed by atoms with E-state index in [0.717, 1.165) is 43.0 Å². The Hall–Kier alpha value is -4.74. The number of carbonyl (C=O) groups excluding carboxylic acids is 1. The number of esters is 1. The molecule has 1 fully saturated rings. The fraction of sp³-hybridized carbons (Fsp3) is 0.286. The Balaban J connectivity index is 1.64. The van der Waals surface area contributed by atoms with Gasteiger partial charge in [0.15, 0.2) is 4.80 Å². The fourth-order valence-corrected chi connectivity index (χ4v) is 7.28. The second kappa shape index (κ2) is 13.5. The maximum atomic E-state index is 14.5. The van der Waals surface area contributed by atoms with Gasteiger partial charge in [0.05, 0.1) is 34.4 Å². The van der Waals surface area contributed by atoms with Crippen LogP contribution in [-0.4, -0.2) is 42.3 Å². The number of thiazole rings is 1. The van der Waals surface area contributed by atoms with Crippen molar-refractivity contribution in [2.45, 2.75) is 32.7 Å². The molecule has 0 aliphatic carbocycles. The van der Waals surface area contributed by atoms with Gasteiger partial charge in [-0.05, 0) is 56.0 Å². The number of hydrogen-bond donors (Lipinski definition) is 0. The van der Waals surface area contributed by atoms with E-state index in [4.69, 9.17) is 26.1 Å². The molecule has 0 amide bonds. The molecule has 0 spiro atoms. The summed E-state index contributed by atoms with van der Waals surface area (Å²) in [5.74, 6) is 0.384. The highest BCUT2D eigenvalue weighted by molar-refractivity contribution is 7.07. The van der Waals surface area contributed by atoms with Gasteiger partial charge < -0.3 is 14.4 Å². The molecule has 3 aromatic carbocycles. The summed E-state index contributed by atoms with van der Waals surface area (Å²) in [6.07, 6.45) is 3.69. The van der Waals surface area contributed by atoms with E-state index in [-0.39, 0.29) is 17.9 Å². The topological polar surface area (TPSA) is 116 Å². The molecule has 1 atom stereocenters. The molecule has 3 heterocycles. The molecule has 1 saturated heterocycles. The molecule has 242 valence electrons. The minimum Gasteiger partial charge on any atom is -0.496 e. The number of ether oxygens (including phenoxy) is 2. The fourth-order valence-electron chi connectivity index (χ4n) is 6.10. The van der Waals surface area contributed by atoms with Gasteiger partial charge in [0.25, 0.3) is 11.2 Å². The van der Waals surface area contributed by atoms with Gasteiger partial charge in [-0.25, -0.2) is 9.79 Å². The third-order valence-corrected chi connectivity index (χ3v) is 9.71. The normalized spacial score (nSPS) is 16.9. The van der Waals surface area contributed by atoms with Crippen molar-refractivity contribution in [2.75, 3.05) is 31.7 Å². The summed E-state index contributed by atoms with van der Waals surface area (Å²) in [6, 6.07) is 18.0. The zero-order chi connectivity index (χ0) is 33.2. The molecule has 47 heavy (non-hydrogen) atoms. The molecule has 0 N–H and O–H groups in total. The van der Waals surface area contributed by atoms with Crippen LogP contribution in [-0.2, 0) is 9.53 Å². The molecule has 1 aromatic heterocycles. The van der Waals surface area contributed by atoms with Crippen LogP contribution in [0.15, 0.2) is 82.1 Å². The van der Waals surface area contributed by atoms with Crippen molar-refractivity contribution in [3.8, 4) is 5.75 Å². The van der Waals surface area contributed by atoms with Crippen LogP contribution in [0.4, 0.5) is 11.4 Å². The van der Waals surface area contributed by atoms with Gasteiger partial charge in [0, 0.05) is 52.6 Å². The summed E-state index contributed by atoms with van der Waals surface area (Å²) in [5, 5.41) is 12.2. The molecule has 0 saturated carbocycles. The van der Waals surface area contributed by atoms with Crippen molar-refractivity contribution in [2.24, 2.45) is 10.9 Å². The number of carbonyl (C=O) groups is 1. The van der Waals surface area contributed by atoms with Crippen LogP contribution in [0.5, 0.6) is 5.75 Å². The molecule has 0 unspecified atom stereocenters. The predicted molar refractivity (Wildman–Crippen MR) is 183 cm³/mol. The summed E-state index contributed by atoms with van der Waals surface area (Å²) in [7, 11) is 1.51. The molecule has 0 radical (unpaired) electrons. The molecule has 4 aromatic rings. The zero-order valence-corrected chi connectivity index (χ0v) is 27.7. The Labute approximate surface area is 280 Å². The van der Waals surface area contributed by atoms with E-state index in [1.807, 2.05) is 30.3 Å². The molecule has 6 rings (SSSR count). The van der Waals surface area contributed by atoms with Crippen LogP contribution in [0, 0.1) is 16.0 Å². The Morgan fingerprint density at radius 3 is 2.55 bits per heavy atom. The van der Waals surface area contributed by atoms with Crippen molar-refractivity contribution in [3.05, 3.63) is 124 Å². The van der Waals surface area contributed by atoms with E-state index < -0.39 is 22.5 Å². The third kappa shape index (κ3) is 6.33. The van der Waals surface area contributed by atoms with Crippen LogP contribution >= 0.6 is 22.9 Å². The molecule has 10 nitrogen and oxygen atoms in total. The van der Waals surface area contributed by atoms with Gasteiger partial charge in [-0.1, -0.05) is 60.2 Å². The lowest BCUT2D eigenvalue weighted by molar-refractivity contribution is -0.384. The monoisotopic (exact) mass is 672 g/mol. The minimum absolute atomic E-state index is 0.0735. The summed E-state index contributed by atoms with van der Waals surface area (Å²) in [4.78, 5) is 47.1. The quantitative estimate of drug-likeness (QED) is 0.133. The number of fused-ring (bicyclic) bond motifs is 1. The molecule has 12 heteroatoms. The maximum absolute atomic E-state index is 14.5. The number of aromatic nitrogens is 1. The van der Waals surface area contributed by atoms with E-state index >= 15 is 0 Å². The highest BCUT2D eigenvalue weighted by atomic mass is 35.5. The third-order valence-electron chi connectivity index (χ3n) is 8.49. The number of rotatable bonds is 8. The van der Waals surface area contributed by atoms with Crippen molar-refractivity contribution in [3.63, 3.8) is 0 Å². The second-order valence-electron chi connectivity index (χ2n) is 11.5. The lowest BCUT2D eigenvalue weighted by Gasteiger charge is -2.33. The first-order valence-corrected chi connectivity index (χ1v) is 16.5. The number of nitrogens with zero attached hydrogens (tertiary/aromatic N) is 4. The van der Waals surface area contributed by atoms with Crippen LogP contribution in [0.3, 0.4) is 0 Å². The maximum Gasteiger partial charge on any atom is 0.338 e. The van der Waals surface area contributed by atoms with Gasteiger partial charge in [-0.2, -0.15) is 0 Å². The highest BCUT2D eigenvalue weighted by Gasteiger charge is 2.37. The molecule has 2 aliphatic rings. The van der Waals surface area contributed by atoms with Gasteiger partial charge in [0.1, 0.15) is 11.8 Å². The number of benzene rings is 3. The van der Waals surface area contributed by atoms with Crippen LogP contribution in [0.25, 0.3) is 11.8 Å². The van der Waals surface area contributed by atoms with Crippen molar-refractivity contribution in [1.82, 2.24) is 4.57 Å². The SMILES string of the molecule is CCOC(=O)C1=C(c2ccccc2)N=c2s/c(=C\c3cc([N+](=O)[O-])ccc3N3CCC(C)CC3)c(=O)n2[C@@H]1c1cc(Cl)ccc1OC. The number of nitro groups is 1.